The van der Waals surface area contributed by atoms with E-state index in [1.807, 2.05) is 6.92 Å². The van der Waals surface area contributed by atoms with Gasteiger partial charge < -0.3 is 5.32 Å². The van der Waals surface area contributed by atoms with Crippen molar-refractivity contribution < 1.29 is 0 Å². The van der Waals surface area contributed by atoms with Gasteiger partial charge >= 0.3 is 0 Å². The van der Waals surface area contributed by atoms with Crippen molar-refractivity contribution in [2.75, 3.05) is 6.54 Å². The summed E-state index contributed by atoms with van der Waals surface area (Å²) in [6, 6.07) is 0.312. The largest absolute Gasteiger partial charge is 0.309 e. The second-order valence-corrected chi connectivity index (χ2v) is 4.63. The molecule has 3 unspecified atom stereocenters. The minimum absolute atomic E-state index is 0.312. The minimum Gasteiger partial charge on any atom is -0.309 e. The average Bonchev–Trinajstić information content (AvgIpc) is 2.92. The maximum absolute atomic E-state index is 4.37. The number of hydrogen-bond acceptors (Lipinski definition) is 3. The molecule has 2 rings (SSSR count). The Bertz CT molecular complexity index is 337. The van der Waals surface area contributed by atoms with Gasteiger partial charge in [-0.25, -0.2) is 0 Å². The third-order valence-corrected chi connectivity index (χ3v) is 3.29. The molecule has 1 aliphatic rings. The second-order valence-electron chi connectivity index (χ2n) is 4.63. The first-order valence-electron chi connectivity index (χ1n) is 5.69. The Kier molecular flexibility index (Phi) is 3.00. The van der Waals surface area contributed by atoms with Crippen molar-refractivity contribution >= 4 is 0 Å². The molecule has 1 aliphatic carbocycles. The number of hydrogen-bond donors (Lipinski definition) is 1. The minimum atomic E-state index is 0.312. The van der Waals surface area contributed by atoms with E-state index in [4.69, 9.17) is 0 Å². The normalized spacial score (nSPS) is 26.3. The zero-order valence-electron chi connectivity index (χ0n) is 9.70. The molecule has 3 heteroatoms. The molecule has 3 atom stereocenters. The summed E-state index contributed by atoms with van der Waals surface area (Å²) in [5.41, 5.74) is 2.10. The number of aryl methyl sites for hydroxylation is 1. The SMILES string of the molecule is Cc1nccnc1C(C)NCC1CC1C. The fourth-order valence-electron chi connectivity index (χ4n) is 1.95. The van der Waals surface area contributed by atoms with E-state index in [2.05, 4.69) is 29.1 Å². The molecule has 15 heavy (non-hydrogen) atoms. The van der Waals surface area contributed by atoms with Crippen molar-refractivity contribution in [1.82, 2.24) is 15.3 Å². The molecule has 0 spiro atoms. The van der Waals surface area contributed by atoms with E-state index >= 15 is 0 Å². The van der Waals surface area contributed by atoms with Gasteiger partial charge in [0, 0.05) is 18.4 Å². The molecule has 3 nitrogen and oxygen atoms in total. The maximum atomic E-state index is 4.37. The van der Waals surface area contributed by atoms with Gasteiger partial charge in [0.1, 0.15) is 0 Å². The Hall–Kier alpha value is -0.960. The zero-order chi connectivity index (χ0) is 10.8. The van der Waals surface area contributed by atoms with E-state index in [9.17, 15) is 0 Å². The monoisotopic (exact) mass is 205 g/mol. The first-order valence-corrected chi connectivity index (χ1v) is 5.69. The summed E-state index contributed by atoms with van der Waals surface area (Å²) in [5, 5.41) is 3.53. The van der Waals surface area contributed by atoms with E-state index in [-0.39, 0.29) is 0 Å². The van der Waals surface area contributed by atoms with Gasteiger partial charge in [0.15, 0.2) is 0 Å². The van der Waals surface area contributed by atoms with Crippen molar-refractivity contribution in [1.29, 1.82) is 0 Å². The van der Waals surface area contributed by atoms with E-state index in [1.54, 1.807) is 12.4 Å². The molecule has 1 saturated carbocycles. The molecule has 0 aliphatic heterocycles. The molecular weight excluding hydrogens is 186 g/mol. The standard InChI is InChI=1S/C12H19N3/c1-8-6-11(8)7-15-10(3)12-9(2)13-4-5-14-12/h4-5,8,10-11,15H,6-7H2,1-3H3. The van der Waals surface area contributed by atoms with Crippen molar-refractivity contribution in [2.24, 2.45) is 11.8 Å². The third-order valence-electron chi connectivity index (χ3n) is 3.29. The zero-order valence-corrected chi connectivity index (χ0v) is 9.70. The molecule has 1 aromatic heterocycles. The molecule has 1 heterocycles. The van der Waals surface area contributed by atoms with Crippen LogP contribution in [0.15, 0.2) is 12.4 Å². The Labute approximate surface area is 91.3 Å². The first-order chi connectivity index (χ1) is 7.18. The summed E-state index contributed by atoms with van der Waals surface area (Å²) in [7, 11) is 0. The maximum Gasteiger partial charge on any atom is 0.0782 e. The Balaban J connectivity index is 1.90. The molecular formula is C12H19N3. The molecule has 0 saturated heterocycles. The van der Waals surface area contributed by atoms with Crippen LogP contribution in [0.25, 0.3) is 0 Å². The van der Waals surface area contributed by atoms with Gasteiger partial charge in [0.25, 0.3) is 0 Å². The lowest BCUT2D eigenvalue weighted by Crippen LogP contribution is -2.23. The summed E-state index contributed by atoms with van der Waals surface area (Å²) < 4.78 is 0. The second kappa shape index (κ2) is 4.27. The highest BCUT2D eigenvalue weighted by molar-refractivity contribution is 5.12. The van der Waals surface area contributed by atoms with E-state index in [1.165, 1.54) is 6.42 Å². The predicted molar refractivity (Wildman–Crippen MR) is 60.5 cm³/mol. The van der Waals surface area contributed by atoms with E-state index in [0.29, 0.717) is 6.04 Å². The highest BCUT2D eigenvalue weighted by atomic mass is 15.0. The molecule has 0 amide bonds. The Morgan fingerprint density at radius 1 is 1.47 bits per heavy atom. The lowest BCUT2D eigenvalue weighted by molar-refractivity contribution is 0.522. The molecule has 0 radical (unpaired) electrons. The summed E-state index contributed by atoms with van der Waals surface area (Å²) in [6.45, 7) is 7.59. The van der Waals surface area contributed by atoms with Gasteiger partial charge in [-0.15, -0.1) is 0 Å². The number of nitrogens with one attached hydrogen (secondary N) is 1. The molecule has 1 aromatic rings. The predicted octanol–water partition coefficient (Wildman–Crippen LogP) is 2.09. The van der Waals surface area contributed by atoms with Gasteiger partial charge in [-0.2, -0.15) is 0 Å². The average molecular weight is 205 g/mol. The van der Waals surface area contributed by atoms with Gasteiger partial charge in [-0.05, 0) is 38.6 Å². The lowest BCUT2D eigenvalue weighted by atomic mass is 10.2. The highest BCUT2D eigenvalue weighted by Crippen LogP contribution is 2.37. The van der Waals surface area contributed by atoms with Crippen molar-refractivity contribution in [3.8, 4) is 0 Å². The van der Waals surface area contributed by atoms with Crippen LogP contribution >= 0.6 is 0 Å². The topological polar surface area (TPSA) is 37.8 Å². The van der Waals surface area contributed by atoms with Crippen molar-refractivity contribution in [3.63, 3.8) is 0 Å². The Morgan fingerprint density at radius 3 is 2.73 bits per heavy atom. The van der Waals surface area contributed by atoms with Crippen LogP contribution in [0.4, 0.5) is 0 Å². The van der Waals surface area contributed by atoms with Crippen LogP contribution in [-0.4, -0.2) is 16.5 Å². The van der Waals surface area contributed by atoms with E-state index in [0.717, 1.165) is 29.8 Å². The van der Waals surface area contributed by atoms with Crippen LogP contribution in [-0.2, 0) is 0 Å². The lowest BCUT2D eigenvalue weighted by Gasteiger charge is -2.14. The van der Waals surface area contributed by atoms with Gasteiger partial charge in [0.2, 0.25) is 0 Å². The van der Waals surface area contributed by atoms with Crippen molar-refractivity contribution in [2.45, 2.75) is 33.2 Å². The molecule has 0 bridgehead atoms. The van der Waals surface area contributed by atoms with Crippen LogP contribution in [0.2, 0.25) is 0 Å². The summed E-state index contributed by atoms with van der Waals surface area (Å²) in [6.07, 6.45) is 4.88. The van der Waals surface area contributed by atoms with Crippen LogP contribution < -0.4 is 5.32 Å². The van der Waals surface area contributed by atoms with Gasteiger partial charge in [0.05, 0.1) is 11.4 Å². The number of aromatic nitrogens is 2. The summed E-state index contributed by atoms with van der Waals surface area (Å²) >= 11 is 0. The third kappa shape index (κ3) is 2.53. The molecule has 1 N–H and O–H groups in total. The smallest absolute Gasteiger partial charge is 0.0782 e. The fourth-order valence-corrected chi connectivity index (χ4v) is 1.95. The van der Waals surface area contributed by atoms with Gasteiger partial charge in [-0.1, -0.05) is 6.92 Å². The highest BCUT2D eigenvalue weighted by Gasteiger charge is 2.32. The van der Waals surface area contributed by atoms with Crippen LogP contribution in [0.5, 0.6) is 0 Å². The van der Waals surface area contributed by atoms with Crippen LogP contribution in [0.1, 0.15) is 37.7 Å². The molecule has 82 valence electrons. The van der Waals surface area contributed by atoms with Crippen LogP contribution in [0, 0.1) is 18.8 Å². The summed E-state index contributed by atoms with van der Waals surface area (Å²) in [4.78, 5) is 8.63. The van der Waals surface area contributed by atoms with Crippen molar-refractivity contribution in [3.05, 3.63) is 23.8 Å². The summed E-state index contributed by atoms with van der Waals surface area (Å²) in [5.74, 6) is 1.79. The van der Waals surface area contributed by atoms with E-state index < -0.39 is 0 Å². The number of nitrogens with zero attached hydrogens (tertiary/aromatic N) is 2. The fraction of sp³-hybridized carbons (Fsp3) is 0.667. The van der Waals surface area contributed by atoms with Crippen LogP contribution in [0.3, 0.4) is 0 Å². The quantitative estimate of drug-likeness (QED) is 0.818. The van der Waals surface area contributed by atoms with Gasteiger partial charge in [-0.3, -0.25) is 9.97 Å². The first kappa shape index (κ1) is 10.6. The number of rotatable bonds is 4. The molecule has 0 aromatic carbocycles. The Morgan fingerprint density at radius 2 is 2.13 bits per heavy atom. The molecule has 1 fully saturated rings.